The molecule has 10 heteroatoms. The predicted molar refractivity (Wildman–Crippen MR) is 120 cm³/mol. The lowest BCUT2D eigenvalue weighted by atomic mass is 10.2. The highest BCUT2D eigenvalue weighted by Crippen LogP contribution is 2.29. The number of nitrogens with one attached hydrogen (secondary N) is 1. The van der Waals surface area contributed by atoms with Crippen molar-refractivity contribution in [1.82, 2.24) is 14.9 Å². The Kier molecular flexibility index (Phi) is 5.32. The van der Waals surface area contributed by atoms with E-state index in [0.29, 0.717) is 41.4 Å². The van der Waals surface area contributed by atoms with Gasteiger partial charge in [-0.25, -0.2) is 9.78 Å². The highest BCUT2D eigenvalue weighted by molar-refractivity contribution is 9.10. The molecule has 0 saturated carbocycles. The highest BCUT2D eigenvalue weighted by Gasteiger charge is 2.24. The summed E-state index contributed by atoms with van der Waals surface area (Å²) in [6, 6.07) is 12.6. The summed E-state index contributed by atoms with van der Waals surface area (Å²) in [5.41, 5.74) is 1.64. The zero-order valence-corrected chi connectivity index (χ0v) is 18.3. The van der Waals surface area contributed by atoms with Gasteiger partial charge in [0.25, 0.3) is 5.56 Å². The molecule has 1 unspecified atom stereocenters. The van der Waals surface area contributed by atoms with Crippen LogP contribution < -0.4 is 10.3 Å². The fourth-order valence-corrected chi connectivity index (χ4v) is 4.02. The van der Waals surface area contributed by atoms with Gasteiger partial charge in [0, 0.05) is 22.0 Å². The molecule has 1 amide bonds. The van der Waals surface area contributed by atoms with E-state index in [2.05, 4.69) is 25.9 Å². The topological polar surface area (TPSA) is 118 Å². The zero-order chi connectivity index (χ0) is 22.2. The minimum absolute atomic E-state index is 0.185. The number of carbonyl (C=O) groups is 1. The van der Waals surface area contributed by atoms with Gasteiger partial charge in [0.15, 0.2) is 0 Å². The van der Waals surface area contributed by atoms with Crippen LogP contribution in [0.25, 0.3) is 33.5 Å². The second-order valence-corrected chi connectivity index (χ2v) is 8.31. The first-order chi connectivity index (χ1) is 15.5. The van der Waals surface area contributed by atoms with E-state index in [1.54, 1.807) is 30.3 Å². The number of rotatable bonds is 4. The van der Waals surface area contributed by atoms with Crippen LogP contribution in [0.5, 0.6) is 5.75 Å². The molecule has 0 spiro atoms. The van der Waals surface area contributed by atoms with E-state index >= 15 is 0 Å². The summed E-state index contributed by atoms with van der Waals surface area (Å²) in [6.07, 6.45) is -1.28. The molecular formula is C22H18BrN3O6. The number of morpholine rings is 1. The smallest absolute Gasteiger partial charge is 0.407 e. The SMILES string of the molecule is O=C(O)N1CCOC(COc2ccc(-c3nc4c(oc5ccc(Br)cc54)c(=O)[nH]3)cc2)C1. The molecule has 3 heterocycles. The van der Waals surface area contributed by atoms with Crippen molar-refractivity contribution in [2.45, 2.75) is 6.10 Å². The van der Waals surface area contributed by atoms with Gasteiger partial charge in [-0.05, 0) is 42.5 Å². The van der Waals surface area contributed by atoms with Crippen molar-refractivity contribution in [2.75, 3.05) is 26.3 Å². The van der Waals surface area contributed by atoms with E-state index in [1.165, 1.54) is 4.90 Å². The molecule has 1 atom stereocenters. The number of aromatic amines is 1. The number of H-pyrrole nitrogens is 1. The van der Waals surface area contributed by atoms with Gasteiger partial charge in [-0.15, -0.1) is 0 Å². The molecule has 0 aliphatic carbocycles. The summed E-state index contributed by atoms with van der Waals surface area (Å²) < 4.78 is 17.9. The maximum absolute atomic E-state index is 12.6. The first-order valence-corrected chi connectivity index (χ1v) is 10.7. The monoisotopic (exact) mass is 499 g/mol. The number of hydrogen-bond acceptors (Lipinski definition) is 6. The average molecular weight is 500 g/mol. The van der Waals surface area contributed by atoms with Crippen LogP contribution >= 0.6 is 15.9 Å². The van der Waals surface area contributed by atoms with Crippen LogP contribution in [-0.4, -0.2) is 58.5 Å². The second kappa shape index (κ2) is 8.29. The van der Waals surface area contributed by atoms with Crippen molar-refractivity contribution in [3.05, 3.63) is 57.3 Å². The van der Waals surface area contributed by atoms with Crippen molar-refractivity contribution in [3.63, 3.8) is 0 Å². The number of halogens is 1. The average Bonchev–Trinajstić information content (AvgIpc) is 3.17. The van der Waals surface area contributed by atoms with Gasteiger partial charge in [-0.3, -0.25) is 4.79 Å². The molecule has 2 aromatic carbocycles. The van der Waals surface area contributed by atoms with Crippen molar-refractivity contribution in [2.24, 2.45) is 0 Å². The molecule has 9 nitrogen and oxygen atoms in total. The molecule has 2 aromatic heterocycles. The molecule has 1 fully saturated rings. The predicted octanol–water partition coefficient (Wildman–Crippen LogP) is 3.86. The molecule has 5 rings (SSSR count). The number of amides is 1. The molecular weight excluding hydrogens is 482 g/mol. The van der Waals surface area contributed by atoms with Crippen molar-refractivity contribution in [3.8, 4) is 17.1 Å². The molecule has 0 bridgehead atoms. The van der Waals surface area contributed by atoms with E-state index in [1.807, 2.05) is 12.1 Å². The summed E-state index contributed by atoms with van der Waals surface area (Å²) in [7, 11) is 0. The van der Waals surface area contributed by atoms with E-state index in [-0.39, 0.29) is 30.4 Å². The van der Waals surface area contributed by atoms with E-state index in [4.69, 9.17) is 19.0 Å². The number of hydrogen-bond donors (Lipinski definition) is 2. The van der Waals surface area contributed by atoms with Gasteiger partial charge >= 0.3 is 6.09 Å². The number of nitrogens with zero attached hydrogens (tertiary/aromatic N) is 2. The third-order valence-electron chi connectivity index (χ3n) is 5.26. The highest BCUT2D eigenvalue weighted by atomic mass is 79.9. The second-order valence-electron chi connectivity index (χ2n) is 7.39. The van der Waals surface area contributed by atoms with Crippen LogP contribution in [0, 0.1) is 0 Å². The van der Waals surface area contributed by atoms with Crippen LogP contribution in [0.2, 0.25) is 0 Å². The van der Waals surface area contributed by atoms with Crippen LogP contribution in [0.3, 0.4) is 0 Å². The van der Waals surface area contributed by atoms with Gasteiger partial charge < -0.3 is 28.9 Å². The summed E-state index contributed by atoms with van der Waals surface area (Å²) >= 11 is 3.44. The van der Waals surface area contributed by atoms with Crippen molar-refractivity contribution >= 4 is 44.1 Å². The summed E-state index contributed by atoms with van der Waals surface area (Å²) in [4.78, 5) is 32.4. The number of carboxylic acid groups (broad SMARTS) is 1. The Morgan fingerprint density at radius 1 is 1.28 bits per heavy atom. The minimum Gasteiger partial charge on any atom is -0.491 e. The maximum atomic E-state index is 12.6. The number of aromatic nitrogens is 2. The Morgan fingerprint density at radius 2 is 2.09 bits per heavy atom. The Hall–Kier alpha value is -3.37. The third kappa shape index (κ3) is 3.94. The van der Waals surface area contributed by atoms with Gasteiger partial charge in [0.05, 0.1) is 13.2 Å². The first kappa shape index (κ1) is 20.5. The van der Waals surface area contributed by atoms with E-state index in [9.17, 15) is 9.59 Å². The molecule has 32 heavy (non-hydrogen) atoms. The number of fused-ring (bicyclic) bond motifs is 3. The molecule has 1 aliphatic heterocycles. The van der Waals surface area contributed by atoms with E-state index < -0.39 is 6.09 Å². The van der Waals surface area contributed by atoms with Gasteiger partial charge in [0.1, 0.15) is 35.4 Å². The largest absolute Gasteiger partial charge is 0.491 e. The number of benzene rings is 2. The van der Waals surface area contributed by atoms with Crippen molar-refractivity contribution < 1.29 is 23.8 Å². The molecule has 164 valence electrons. The van der Waals surface area contributed by atoms with Crippen LogP contribution in [0.15, 0.2) is 56.1 Å². The maximum Gasteiger partial charge on any atom is 0.407 e. The summed E-state index contributed by atoms with van der Waals surface area (Å²) in [5, 5.41) is 9.87. The summed E-state index contributed by atoms with van der Waals surface area (Å²) in [6.45, 7) is 1.21. The van der Waals surface area contributed by atoms with Crippen LogP contribution in [0.4, 0.5) is 4.79 Å². The van der Waals surface area contributed by atoms with Gasteiger partial charge in [-0.2, -0.15) is 0 Å². The number of ether oxygens (including phenoxy) is 2. The van der Waals surface area contributed by atoms with Crippen LogP contribution in [-0.2, 0) is 4.74 Å². The molecule has 4 aromatic rings. The zero-order valence-electron chi connectivity index (χ0n) is 16.7. The first-order valence-electron chi connectivity index (χ1n) is 9.93. The fourth-order valence-electron chi connectivity index (χ4n) is 3.65. The van der Waals surface area contributed by atoms with Crippen molar-refractivity contribution in [1.29, 1.82) is 0 Å². The molecule has 1 aliphatic rings. The normalized spacial score (nSPS) is 16.5. The lowest BCUT2D eigenvalue weighted by Gasteiger charge is -2.30. The Balaban J connectivity index is 1.35. The Morgan fingerprint density at radius 3 is 2.88 bits per heavy atom. The third-order valence-corrected chi connectivity index (χ3v) is 5.75. The lowest BCUT2D eigenvalue weighted by molar-refractivity contribution is -0.0412. The van der Waals surface area contributed by atoms with Gasteiger partial charge in [-0.1, -0.05) is 15.9 Å². The quantitative estimate of drug-likeness (QED) is 0.437. The molecule has 1 saturated heterocycles. The number of furan rings is 1. The Labute approximate surface area is 189 Å². The fraction of sp³-hybridized carbons (Fsp3) is 0.227. The van der Waals surface area contributed by atoms with Crippen LogP contribution in [0.1, 0.15) is 0 Å². The lowest BCUT2D eigenvalue weighted by Crippen LogP contribution is -2.47. The van der Waals surface area contributed by atoms with E-state index in [0.717, 1.165) is 9.86 Å². The standard InChI is InChI=1S/C22H18BrN3O6/c23-13-3-6-17-16(9-13)18-19(32-17)21(27)25-20(24-18)12-1-4-14(5-2-12)31-11-15-10-26(22(28)29)7-8-30-15/h1-6,9,15H,7-8,10-11H2,(H,28,29)(H,24,25,27). The molecule has 2 N–H and O–H groups in total. The molecule has 0 radical (unpaired) electrons. The Bertz CT molecular complexity index is 1360. The summed E-state index contributed by atoms with van der Waals surface area (Å²) in [5.74, 6) is 1.02. The minimum atomic E-state index is -0.959. The van der Waals surface area contributed by atoms with Gasteiger partial charge in [0.2, 0.25) is 5.58 Å².